The number of amides is 2. The molecule has 0 unspecified atom stereocenters. The average Bonchev–Trinajstić information content (AvgIpc) is 2.75. The molecule has 2 aromatic rings. The molecule has 1 aliphatic carbocycles. The quantitative estimate of drug-likeness (QED) is 0.568. The summed E-state index contributed by atoms with van der Waals surface area (Å²) in [6.07, 6.45) is 7.49. The summed E-state index contributed by atoms with van der Waals surface area (Å²) >= 11 is 0. The van der Waals surface area contributed by atoms with Crippen LogP contribution >= 0.6 is 0 Å². The number of carbonyl (C=O) groups is 2. The van der Waals surface area contributed by atoms with Crippen molar-refractivity contribution in [3.8, 4) is 0 Å². The van der Waals surface area contributed by atoms with Gasteiger partial charge in [-0.25, -0.2) is 4.79 Å². The molecule has 5 heteroatoms. The molecule has 1 saturated carbocycles. The molecular weight excluding hydrogens is 362 g/mol. The molecule has 2 amide bonds. The second-order valence-corrected chi connectivity index (χ2v) is 8.30. The number of nitrogen functional groups attached to an aromatic ring is 1. The molecule has 0 saturated heterocycles. The first-order chi connectivity index (χ1) is 14.1. The van der Waals surface area contributed by atoms with E-state index < -0.39 is 0 Å². The van der Waals surface area contributed by atoms with Crippen LogP contribution in [0.2, 0.25) is 0 Å². The van der Waals surface area contributed by atoms with Gasteiger partial charge in [-0.3, -0.25) is 4.79 Å². The van der Waals surface area contributed by atoms with Gasteiger partial charge in [0.1, 0.15) is 0 Å². The van der Waals surface area contributed by atoms with Gasteiger partial charge in [0.25, 0.3) is 0 Å². The fourth-order valence-electron chi connectivity index (χ4n) is 4.48. The minimum absolute atomic E-state index is 0.147. The molecule has 0 bridgehead atoms. The molecule has 0 radical (unpaired) electrons. The molecule has 2 aromatic carbocycles. The predicted octanol–water partition coefficient (Wildman–Crippen LogP) is 5.01. The highest BCUT2D eigenvalue weighted by Gasteiger charge is 2.22. The van der Waals surface area contributed by atoms with Crippen molar-refractivity contribution >= 4 is 23.2 Å². The largest absolute Gasteiger partial charge is 0.397 e. The van der Waals surface area contributed by atoms with Crippen molar-refractivity contribution in [3.63, 3.8) is 0 Å². The number of rotatable bonds is 4. The molecule has 29 heavy (non-hydrogen) atoms. The third-order valence-corrected chi connectivity index (χ3v) is 6.23. The number of anilines is 2. The standard InChI is InChI=1S/C24H29N3O2/c25-21-15-19(23(28)14-17-6-2-1-3-7-17)10-11-22(21)26-24(29)27-13-12-18-8-4-5-9-20(18)16-27/h4-5,8-11,15,17H,1-3,6-7,12-14,16,25H2,(H,26,29). The van der Waals surface area contributed by atoms with Gasteiger partial charge in [0.15, 0.2) is 5.78 Å². The lowest BCUT2D eigenvalue weighted by Gasteiger charge is -2.29. The van der Waals surface area contributed by atoms with Crippen molar-refractivity contribution in [2.75, 3.05) is 17.6 Å². The van der Waals surface area contributed by atoms with E-state index in [-0.39, 0.29) is 11.8 Å². The van der Waals surface area contributed by atoms with E-state index in [2.05, 4.69) is 17.4 Å². The number of nitrogens with two attached hydrogens (primary N) is 1. The number of benzene rings is 2. The Morgan fingerprint density at radius 1 is 1.03 bits per heavy atom. The summed E-state index contributed by atoms with van der Waals surface area (Å²) in [5.74, 6) is 0.646. The van der Waals surface area contributed by atoms with E-state index in [1.54, 1.807) is 23.1 Å². The van der Waals surface area contributed by atoms with Crippen LogP contribution in [0.25, 0.3) is 0 Å². The van der Waals surface area contributed by atoms with Crippen LogP contribution in [0.15, 0.2) is 42.5 Å². The fourth-order valence-corrected chi connectivity index (χ4v) is 4.48. The van der Waals surface area contributed by atoms with Crippen molar-refractivity contribution in [1.29, 1.82) is 0 Å². The van der Waals surface area contributed by atoms with Crippen LogP contribution in [0, 0.1) is 5.92 Å². The van der Waals surface area contributed by atoms with E-state index >= 15 is 0 Å². The van der Waals surface area contributed by atoms with Gasteiger partial charge >= 0.3 is 6.03 Å². The van der Waals surface area contributed by atoms with Crippen molar-refractivity contribution in [3.05, 3.63) is 59.2 Å². The van der Waals surface area contributed by atoms with E-state index in [0.717, 1.165) is 19.3 Å². The van der Waals surface area contributed by atoms with Gasteiger partial charge in [-0.2, -0.15) is 0 Å². The third-order valence-electron chi connectivity index (χ3n) is 6.23. The Morgan fingerprint density at radius 3 is 2.55 bits per heavy atom. The molecule has 0 atom stereocenters. The van der Waals surface area contributed by atoms with Gasteiger partial charge in [0.05, 0.1) is 11.4 Å². The summed E-state index contributed by atoms with van der Waals surface area (Å²) in [6, 6.07) is 13.3. The average molecular weight is 392 g/mol. The first-order valence-corrected chi connectivity index (χ1v) is 10.7. The van der Waals surface area contributed by atoms with Crippen LogP contribution in [0.3, 0.4) is 0 Å². The number of Topliss-reactive ketones (excluding diaryl/α,β-unsaturated/α-hetero) is 1. The Hall–Kier alpha value is -2.82. The molecule has 5 nitrogen and oxygen atoms in total. The van der Waals surface area contributed by atoms with Crippen LogP contribution in [0.4, 0.5) is 16.2 Å². The van der Waals surface area contributed by atoms with Crippen molar-refractivity contribution in [2.45, 2.75) is 51.5 Å². The number of hydrogen-bond donors (Lipinski definition) is 2. The van der Waals surface area contributed by atoms with E-state index in [9.17, 15) is 9.59 Å². The van der Waals surface area contributed by atoms with E-state index in [0.29, 0.717) is 42.4 Å². The van der Waals surface area contributed by atoms with Crippen LogP contribution in [0.5, 0.6) is 0 Å². The number of urea groups is 1. The summed E-state index contributed by atoms with van der Waals surface area (Å²) in [6.45, 7) is 1.28. The molecule has 3 N–H and O–H groups in total. The van der Waals surface area contributed by atoms with Crippen molar-refractivity contribution < 1.29 is 9.59 Å². The molecule has 1 aliphatic heterocycles. The van der Waals surface area contributed by atoms with Gasteiger partial charge in [-0.1, -0.05) is 56.4 Å². The lowest BCUT2D eigenvalue weighted by Crippen LogP contribution is -2.39. The maximum atomic E-state index is 12.7. The Balaban J connectivity index is 1.38. The molecule has 152 valence electrons. The van der Waals surface area contributed by atoms with Crippen LogP contribution in [-0.4, -0.2) is 23.3 Å². The molecule has 4 rings (SSSR count). The van der Waals surface area contributed by atoms with E-state index in [1.165, 1.54) is 30.4 Å². The Kier molecular flexibility index (Phi) is 5.84. The zero-order chi connectivity index (χ0) is 20.2. The van der Waals surface area contributed by atoms with E-state index in [4.69, 9.17) is 5.73 Å². The third kappa shape index (κ3) is 4.61. The molecule has 1 heterocycles. The Morgan fingerprint density at radius 2 is 1.79 bits per heavy atom. The summed E-state index contributed by atoms with van der Waals surface area (Å²) < 4.78 is 0. The summed E-state index contributed by atoms with van der Waals surface area (Å²) in [4.78, 5) is 27.1. The van der Waals surface area contributed by atoms with Crippen LogP contribution in [-0.2, 0) is 13.0 Å². The zero-order valence-corrected chi connectivity index (χ0v) is 16.8. The normalized spacial score (nSPS) is 16.9. The maximum Gasteiger partial charge on any atom is 0.322 e. The molecule has 1 fully saturated rings. The highest BCUT2D eigenvalue weighted by Crippen LogP contribution is 2.29. The van der Waals surface area contributed by atoms with Gasteiger partial charge in [0, 0.05) is 25.1 Å². The number of carbonyl (C=O) groups excluding carboxylic acids is 2. The maximum absolute atomic E-state index is 12.7. The van der Waals surface area contributed by atoms with Gasteiger partial charge in [-0.15, -0.1) is 0 Å². The highest BCUT2D eigenvalue weighted by molar-refractivity contribution is 5.99. The predicted molar refractivity (Wildman–Crippen MR) is 116 cm³/mol. The monoisotopic (exact) mass is 391 g/mol. The first-order valence-electron chi connectivity index (χ1n) is 10.7. The molecule has 2 aliphatic rings. The van der Waals surface area contributed by atoms with Gasteiger partial charge < -0.3 is 16.0 Å². The smallest absolute Gasteiger partial charge is 0.322 e. The molecular formula is C24H29N3O2. The topological polar surface area (TPSA) is 75.4 Å². The van der Waals surface area contributed by atoms with Gasteiger partial charge in [0.2, 0.25) is 0 Å². The van der Waals surface area contributed by atoms with Crippen LogP contribution in [0.1, 0.15) is 60.0 Å². The number of nitrogens with one attached hydrogen (secondary N) is 1. The number of fused-ring (bicyclic) bond motifs is 1. The van der Waals surface area contributed by atoms with E-state index in [1.807, 2.05) is 12.1 Å². The van der Waals surface area contributed by atoms with Crippen molar-refractivity contribution in [2.24, 2.45) is 5.92 Å². The van der Waals surface area contributed by atoms with Gasteiger partial charge in [-0.05, 0) is 41.7 Å². The second-order valence-electron chi connectivity index (χ2n) is 8.30. The number of hydrogen-bond acceptors (Lipinski definition) is 3. The van der Waals surface area contributed by atoms with Crippen LogP contribution < -0.4 is 11.1 Å². The molecule has 0 spiro atoms. The zero-order valence-electron chi connectivity index (χ0n) is 16.8. The lowest BCUT2D eigenvalue weighted by molar-refractivity contribution is 0.0950. The summed E-state index contributed by atoms with van der Waals surface area (Å²) in [5.41, 5.74) is 10.3. The Bertz CT molecular complexity index is 903. The number of nitrogens with zero attached hydrogens (tertiary/aromatic N) is 1. The first kappa shape index (κ1) is 19.5. The van der Waals surface area contributed by atoms with Crippen molar-refractivity contribution in [1.82, 2.24) is 4.90 Å². The summed E-state index contributed by atoms with van der Waals surface area (Å²) in [7, 11) is 0. The number of ketones is 1. The second kappa shape index (κ2) is 8.68. The highest BCUT2D eigenvalue weighted by atomic mass is 16.2. The Labute approximate surface area is 172 Å². The minimum atomic E-state index is -0.160. The SMILES string of the molecule is Nc1cc(C(=O)CC2CCCCC2)ccc1NC(=O)N1CCc2ccccc2C1. The minimum Gasteiger partial charge on any atom is -0.397 e. The molecule has 0 aromatic heterocycles. The lowest BCUT2D eigenvalue weighted by atomic mass is 9.85. The fraction of sp³-hybridized carbons (Fsp3) is 0.417. The summed E-state index contributed by atoms with van der Waals surface area (Å²) in [5, 5.41) is 2.91.